The summed E-state index contributed by atoms with van der Waals surface area (Å²) in [7, 11) is 0. The van der Waals surface area contributed by atoms with Gasteiger partial charge in [-0.1, -0.05) is 11.3 Å². The molecule has 1 fully saturated rings. The van der Waals surface area contributed by atoms with E-state index >= 15 is 0 Å². The first-order chi connectivity index (χ1) is 6.31. The molecule has 1 unspecified atom stereocenters. The first-order valence-corrected chi connectivity index (χ1v) is 4.86. The summed E-state index contributed by atoms with van der Waals surface area (Å²) < 4.78 is 0. The summed E-state index contributed by atoms with van der Waals surface area (Å²) in [4.78, 5) is 13.0. The number of amides is 1. The molecule has 0 bridgehead atoms. The third-order valence-electron chi connectivity index (χ3n) is 2.04. The molecule has 0 aromatic carbocycles. The Morgan fingerprint density at radius 3 is 3.15 bits per heavy atom. The summed E-state index contributed by atoms with van der Waals surface area (Å²) in [6.07, 6.45) is 0.413. The molecule has 2 rings (SSSR count). The molecule has 1 aliphatic heterocycles. The molecule has 13 heavy (non-hydrogen) atoms. The molecular formula is C7H9N3O2S. The van der Waals surface area contributed by atoms with Gasteiger partial charge in [-0.3, -0.25) is 9.69 Å². The van der Waals surface area contributed by atoms with Crippen LogP contribution < -0.4 is 4.90 Å². The van der Waals surface area contributed by atoms with Crippen molar-refractivity contribution in [3.63, 3.8) is 0 Å². The van der Waals surface area contributed by atoms with Crippen molar-refractivity contribution < 1.29 is 9.90 Å². The molecule has 1 atom stereocenters. The van der Waals surface area contributed by atoms with Gasteiger partial charge in [-0.2, -0.15) is 0 Å². The van der Waals surface area contributed by atoms with Crippen LogP contribution in [0.25, 0.3) is 0 Å². The summed E-state index contributed by atoms with van der Waals surface area (Å²) in [6, 6.07) is 0. The minimum Gasteiger partial charge on any atom is -0.396 e. The van der Waals surface area contributed by atoms with E-state index < -0.39 is 0 Å². The Hall–Kier alpha value is -1.01. The Bertz CT molecular complexity index is 301. The van der Waals surface area contributed by atoms with E-state index in [1.165, 1.54) is 11.3 Å². The summed E-state index contributed by atoms with van der Waals surface area (Å²) in [5, 5.41) is 17.0. The molecule has 5 nitrogen and oxygen atoms in total. The van der Waals surface area contributed by atoms with Gasteiger partial charge in [0.2, 0.25) is 11.0 Å². The van der Waals surface area contributed by atoms with Gasteiger partial charge in [0.1, 0.15) is 5.51 Å². The van der Waals surface area contributed by atoms with E-state index in [2.05, 4.69) is 10.2 Å². The van der Waals surface area contributed by atoms with E-state index in [0.29, 0.717) is 18.1 Å². The summed E-state index contributed by atoms with van der Waals surface area (Å²) >= 11 is 1.34. The van der Waals surface area contributed by atoms with Gasteiger partial charge in [0.05, 0.1) is 0 Å². The van der Waals surface area contributed by atoms with Crippen molar-refractivity contribution in [2.45, 2.75) is 6.42 Å². The van der Waals surface area contributed by atoms with Crippen molar-refractivity contribution in [2.24, 2.45) is 5.92 Å². The maximum Gasteiger partial charge on any atom is 0.229 e. The molecule has 1 amide bonds. The van der Waals surface area contributed by atoms with Crippen molar-refractivity contribution in [3.8, 4) is 0 Å². The summed E-state index contributed by atoms with van der Waals surface area (Å²) in [5.74, 6) is 0.0761. The zero-order valence-electron chi connectivity index (χ0n) is 6.88. The predicted molar refractivity (Wildman–Crippen MR) is 47.5 cm³/mol. The fourth-order valence-electron chi connectivity index (χ4n) is 1.37. The highest BCUT2D eigenvalue weighted by molar-refractivity contribution is 7.13. The maximum absolute atomic E-state index is 11.4. The van der Waals surface area contributed by atoms with Gasteiger partial charge in [0.25, 0.3) is 0 Å². The van der Waals surface area contributed by atoms with Crippen LogP contribution >= 0.6 is 11.3 Å². The fourth-order valence-corrected chi connectivity index (χ4v) is 1.96. The molecular weight excluding hydrogens is 190 g/mol. The predicted octanol–water partition coefficient (Wildman–Crippen LogP) is -0.117. The van der Waals surface area contributed by atoms with Gasteiger partial charge in [-0.05, 0) is 0 Å². The highest BCUT2D eigenvalue weighted by atomic mass is 32.1. The first kappa shape index (κ1) is 8.58. The van der Waals surface area contributed by atoms with Crippen molar-refractivity contribution in [1.82, 2.24) is 10.2 Å². The number of carbonyl (C=O) groups is 1. The first-order valence-electron chi connectivity index (χ1n) is 3.98. The zero-order valence-corrected chi connectivity index (χ0v) is 7.70. The van der Waals surface area contributed by atoms with Gasteiger partial charge >= 0.3 is 0 Å². The van der Waals surface area contributed by atoms with Crippen molar-refractivity contribution >= 4 is 22.4 Å². The van der Waals surface area contributed by atoms with E-state index in [9.17, 15) is 4.79 Å². The highest BCUT2D eigenvalue weighted by Gasteiger charge is 2.31. The van der Waals surface area contributed by atoms with Gasteiger partial charge in [0.15, 0.2) is 0 Å². The largest absolute Gasteiger partial charge is 0.396 e. The molecule has 70 valence electrons. The topological polar surface area (TPSA) is 66.3 Å². The van der Waals surface area contributed by atoms with Crippen LogP contribution in [0.5, 0.6) is 0 Å². The Kier molecular flexibility index (Phi) is 2.24. The molecule has 1 aromatic heterocycles. The number of aliphatic hydroxyl groups excluding tert-OH is 1. The highest BCUT2D eigenvalue weighted by Crippen LogP contribution is 2.25. The minimum absolute atomic E-state index is 0.0239. The number of hydrogen-bond acceptors (Lipinski definition) is 5. The smallest absolute Gasteiger partial charge is 0.229 e. The second-order valence-corrected chi connectivity index (χ2v) is 3.79. The van der Waals surface area contributed by atoms with Crippen LogP contribution in [0.1, 0.15) is 6.42 Å². The van der Waals surface area contributed by atoms with Crippen LogP contribution in [0.15, 0.2) is 5.51 Å². The number of hydrogen-bond donors (Lipinski definition) is 1. The average Bonchev–Trinajstić information content (AvgIpc) is 2.72. The number of carbonyl (C=O) groups excluding carboxylic acids is 1. The van der Waals surface area contributed by atoms with Gasteiger partial charge in [-0.15, -0.1) is 10.2 Å². The maximum atomic E-state index is 11.4. The lowest BCUT2D eigenvalue weighted by Crippen LogP contribution is -2.24. The number of anilines is 1. The van der Waals surface area contributed by atoms with E-state index in [1.54, 1.807) is 10.4 Å². The minimum atomic E-state index is 0.0239. The van der Waals surface area contributed by atoms with Gasteiger partial charge < -0.3 is 5.11 Å². The Balaban J connectivity index is 2.14. The zero-order chi connectivity index (χ0) is 9.26. The van der Waals surface area contributed by atoms with E-state index in [-0.39, 0.29) is 18.4 Å². The lowest BCUT2D eigenvalue weighted by atomic mass is 10.1. The second-order valence-electron chi connectivity index (χ2n) is 2.98. The van der Waals surface area contributed by atoms with Gasteiger partial charge in [-0.25, -0.2) is 0 Å². The average molecular weight is 199 g/mol. The van der Waals surface area contributed by atoms with E-state index in [0.717, 1.165) is 0 Å². The van der Waals surface area contributed by atoms with Gasteiger partial charge in [0, 0.05) is 25.5 Å². The molecule has 1 aromatic rings. The Labute approximate surface area is 79.0 Å². The van der Waals surface area contributed by atoms with E-state index in [4.69, 9.17) is 5.11 Å². The van der Waals surface area contributed by atoms with Crippen molar-refractivity contribution in [3.05, 3.63) is 5.51 Å². The van der Waals surface area contributed by atoms with Crippen LogP contribution in [-0.2, 0) is 4.79 Å². The van der Waals surface area contributed by atoms with Crippen LogP contribution in [0.3, 0.4) is 0 Å². The number of rotatable bonds is 2. The van der Waals surface area contributed by atoms with Crippen LogP contribution in [0, 0.1) is 5.92 Å². The van der Waals surface area contributed by atoms with Crippen LogP contribution in [0.4, 0.5) is 5.13 Å². The monoisotopic (exact) mass is 199 g/mol. The quantitative estimate of drug-likeness (QED) is 0.721. The Morgan fingerprint density at radius 1 is 1.77 bits per heavy atom. The molecule has 2 heterocycles. The lowest BCUT2D eigenvalue weighted by Gasteiger charge is -2.10. The summed E-state index contributed by atoms with van der Waals surface area (Å²) in [6.45, 7) is 0.617. The second kappa shape index (κ2) is 3.39. The summed E-state index contributed by atoms with van der Waals surface area (Å²) in [5.41, 5.74) is 1.59. The number of aromatic nitrogens is 2. The van der Waals surface area contributed by atoms with Crippen LogP contribution in [0.2, 0.25) is 0 Å². The van der Waals surface area contributed by atoms with E-state index in [1.807, 2.05) is 0 Å². The molecule has 0 aliphatic carbocycles. The standard InChI is InChI=1S/C7H9N3O2S/c11-3-5-1-6(12)10(2-5)7-9-8-4-13-7/h4-5,11H,1-3H2. The SMILES string of the molecule is O=C1CC(CO)CN1c1nncs1. The normalized spacial score (nSPS) is 22.7. The Morgan fingerprint density at radius 2 is 2.62 bits per heavy atom. The lowest BCUT2D eigenvalue weighted by molar-refractivity contribution is -0.117. The van der Waals surface area contributed by atoms with Crippen molar-refractivity contribution in [2.75, 3.05) is 18.1 Å². The van der Waals surface area contributed by atoms with Crippen LogP contribution in [-0.4, -0.2) is 34.4 Å². The molecule has 0 radical (unpaired) electrons. The molecule has 6 heteroatoms. The van der Waals surface area contributed by atoms with Crippen molar-refractivity contribution in [1.29, 1.82) is 0 Å². The number of aliphatic hydroxyl groups is 1. The molecule has 0 spiro atoms. The fraction of sp³-hybridized carbons (Fsp3) is 0.571. The number of nitrogens with zero attached hydrogens (tertiary/aromatic N) is 3. The molecule has 1 N–H and O–H groups in total. The third-order valence-corrected chi connectivity index (χ3v) is 2.76. The molecule has 1 aliphatic rings. The third kappa shape index (κ3) is 1.54. The molecule has 1 saturated heterocycles. The molecule has 0 saturated carbocycles.